The summed E-state index contributed by atoms with van der Waals surface area (Å²) in [6.07, 6.45) is 4.06. The molecule has 1 fully saturated rings. The van der Waals surface area contributed by atoms with Crippen LogP contribution < -0.4 is 0 Å². The van der Waals surface area contributed by atoms with E-state index in [0.717, 1.165) is 54.9 Å². The Kier molecular flexibility index (Phi) is 5.67. The number of aryl methyl sites for hydroxylation is 1. The molecule has 152 valence electrons. The first kappa shape index (κ1) is 19.6. The number of fused-ring (bicyclic) bond motifs is 1. The third-order valence-electron chi connectivity index (χ3n) is 5.37. The van der Waals surface area contributed by atoms with Crippen molar-refractivity contribution in [2.75, 3.05) is 13.2 Å². The Morgan fingerprint density at radius 2 is 2.03 bits per heavy atom. The molecule has 0 aromatic carbocycles. The van der Waals surface area contributed by atoms with E-state index in [1.54, 1.807) is 0 Å². The van der Waals surface area contributed by atoms with Crippen molar-refractivity contribution in [1.29, 1.82) is 0 Å². The number of rotatable bonds is 6. The Morgan fingerprint density at radius 3 is 2.76 bits per heavy atom. The lowest BCUT2D eigenvalue weighted by atomic mass is 9.97. The summed E-state index contributed by atoms with van der Waals surface area (Å²) in [5.41, 5.74) is 3.52. The molecule has 0 spiro atoms. The number of carbonyl (C=O) groups excluding carboxylic acids is 1. The van der Waals surface area contributed by atoms with Crippen LogP contribution >= 0.6 is 0 Å². The van der Waals surface area contributed by atoms with Gasteiger partial charge in [0.15, 0.2) is 5.78 Å². The Hall–Kier alpha value is -2.67. The number of hydrogen-bond acceptors (Lipinski definition) is 4. The van der Waals surface area contributed by atoms with E-state index in [2.05, 4.69) is 11.9 Å². The second kappa shape index (κ2) is 8.37. The van der Waals surface area contributed by atoms with Crippen LogP contribution in [-0.2, 0) is 17.6 Å². The maximum absolute atomic E-state index is 12.9. The van der Waals surface area contributed by atoms with E-state index in [-0.39, 0.29) is 23.6 Å². The molecule has 0 aliphatic carbocycles. The monoisotopic (exact) mass is 399 g/mol. The van der Waals surface area contributed by atoms with Gasteiger partial charge in [0, 0.05) is 37.9 Å². The molecule has 4 heterocycles. The molecule has 1 aliphatic heterocycles. The number of pyridine rings is 2. The van der Waals surface area contributed by atoms with Gasteiger partial charge in [0.05, 0.1) is 5.69 Å². The first-order valence-electron chi connectivity index (χ1n) is 9.91. The maximum Gasteiger partial charge on any atom is 0.280 e. The molecule has 3 aromatic heterocycles. The quantitative estimate of drug-likeness (QED) is 0.571. The summed E-state index contributed by atoms with van der Waals surface area (Å²) < 4.78 is 33.2. The fourth-order valence-electron chi connectivity index (χ4n) is 3.80. The number of ketones is 1. The van der Waals surface area contributed by atoms with Gasteiger partial charge in [-0.25, -0.2) is 18.7 Å². The smallest absolute Gasteiger partial charge is 0.280 e. The van der Waals surface area contributed by atoms with Gasteiger partial charge in [0.25, 0.3) is 6.43 Å². The minimum absolute atomic E-state index is 0.0643. The van der Waals surface area contributed by atoms with Gasteiger partial charge in [-0.3, -0.25) is 4.79 Å². The molecule has 7 heteroatoms. The van der Waals surface area contributed by atoms with E-state index in [0.29, 0.717) is 5.92 Å². The van der Waals surface area contributed by atoms with Crippen molar-refractivity contribution in [3.8, 4) is 0 Å². The van der Waals surface area contributed by atoms with Crippen molar-refractivity contribution < 1.29 is 18.3 Å². The third kappa shape index (κ3) is 4.19. The van der Waals surface area contributed by atoms with Crippen LogP contribution in [0.4, 0.5) is 8.78 Å². The van der Waals surface area contributed by atoms with Crippen LogP contribution in [0.5, 0.6) is 0 Å². The highest BCUT2D eigenvalue weighted by molar-refractivity contribution is 5.95. The Balaban J connectivity index is 1.62. The molecule has 0 radical (unpaired) electrons. The molecule has 3 aromatic rings. The summed E-state index contributed by atoms with van der Waals surface area (Å²) in [5, 5.41) is 0. The topological polar surface area (TPSA) is 56.5 Å². The fraction of sp³-hybridized carbons (Fsp3) is 0.409. The van der Waals surface area contributed by atoms with Gasteiger partial charge >= 0.3 is 0 Å². The zero-order chi connectivity index (χ0) is 20.4. The van der Waals surface area contributed by atoms with Crippen LogP contribution in [0, 0.1) is 0 Å². The number of halogens is 2. The van der Waals surface area contributed by atoms with E-state index in [1.165, 1.54) is 18.2 Å². The van der Waals surface area contributed by atoms with E-state index < -0.39 is 6.43 Å². The van der Waals surface area contributed by atoms with Gasteiger partial charge in [-0.1, -0.05) is 19.1 Å². The van der Waals surface area contributed by atoms with Gasteiger partial charge in [0.1, 0.15) is 17.0 Å². The van der Waals surface area contributed by atoms with Gasteiger partial charge < -0.3 is 9.14 Å². The Bertz CT molecular complexity index is 1030. The first-order valence-corrected chi connectivity index (χ1v) is 9.91. The first-order chi connectivity index (χ1) is 14.0. The molecule has 1 aliphatic rings. The lowest BCUT2D eigenvalue weighted by molar-refractivity contribution is 0.0846. The van der Waals surface area contributed by atoms with Crippen LogP contribution in [0.1, 0.15) is 65.1 Å². The zero-order valence-corrected chi connectivity index (χ0v) is 16.3. The summed E-state index contributed by atoms with van der Waals surface area (Å²) in [4.78, 5) is 21.3. The van der Waals surface area contributed by atoms with Crippen molar-refractivity contribution in [2.45, 2.75) is 45.0 Å². The summed E-state index contributed by atoms with van der Waals surface area (Å²) in [7, 11) is 0. The number of alkyl halides is 2. The Morgan fingerprint density at radius 1 is 1.24 bits per heavy atom. The molecule has 1 saturated heterocycles. The molecule has 5 nitrogen and oxygen atoms in total. The largest absolute Gasteiger partial charge is 0.381 e. The lowest BCUT2D eigenvalue weighted by Gasteiger charge is -2.19. The summed E-state index contributed by atoms with van der Waals surface area (Å²) in [5.74, 6) is 0.110. The number of carbonyl (C=O) groups is 1. The average molecular weight is 399 g/mol. The Labute approximate surface area is 167 Å². The number of ether oxygens (including phenoxy) is 1. The zero-order valence-electron chi connectivity index (χ0n) is 16.3. The van der Waals surface area contributed by atoms with Crippen molar-refractivity contribution in [2.24, 2.45) is 0 Å². The molecule has 0 bridgehead atoms. The normalized spacial score (nSPS) is 15.3. The van der Waals surface area contributed by atoms with Gasteiger partial charge in [-0.05, 0) is 42.5 Å². The van der Waals surface area contributed by atoms with Crippen molar-refractivity contribution in [3.63, 3.8) is 0 Å². The summed E-state index contributed by atoms with van der Waals surface area (Å²) in [6, 6.07) is 6.13. The van der Waals surface area contributed by atoms with E-state index in [4.69, 9.17) is 9.72 Å². The number of imidazole rings is 1. The van der Waals surface area contributed by atoms with Crippen LogP contribution in [0.2, 0.25) is 0 Å². The fourth-order valence-corrected chi connectivity index (χ4v) is 3.80. The molecule has 0 amide bonds. The SMILES string of the molecule is CCc1cc(CC(=O)c2cccc(C(F)F)n2)cn2cc(C3CCOCC3)nc12. The molecule has 29 heavy (non-hydrogen) atoms. The highest BCUT2D eigenvalue weighted by Gasteiger charge is 2.20. The van der Waals surface area contributed by atoms with Crippen molar-refractivity contribution in [1.82, 2.24) is 14.4 Å². The van der Waals surface area contributed by atoms with Gasteiger partial charge in [0.2, 0.25) is 0 Å². The molecule has 0 N–H and O–H groups in total. The maximum atomic E-state index is 12.9. The van der Waals surface area contributed by atoms with Crippen LogP contribution in [0.3, 0.4) is 0 Å². The lowest BCUT2D eigenvalue weighted by Crippen LogP contribution is -2.14. The van der Waals surface area contributed by atoms with E-state index in [9.17, 15) is 13.6 Å². The number of aromatic nitrogens is 3. The molecular formula is C22H23F2N3O2. The average Bonchev–Trinajstić information content (AvgIpc) is 3.18. The molecule has 0 unspecified atom stereocenters. The van der Waals surface area contributed by atoms with E-state index >= 15 is 0 Å². The van der Waals surface area contributed by atoms with Gasteiger partial charge in [-0.2, -0.15) is 0 Å². The van der Waals surface area contributed by atoms with E-state index in [1.807, 2.05) is 22.9 Å². The summed E-state index contributed by atoms with van der Waals surface area (Å²) in [6.45, 7) is 3.56. The van der Waals surface area contributed by atoms with Crippen molar-refractivity contribution in [3.05, 3.63) is 64.9 Å². The predicted octanol–water partition coefficient (Wildman–Crippen LogP) is 4.55. The molecule has 0 saturated carbocycles. The minimum Gasteiger partial charge on any atom is -0.381 e. The summed E-state index contributed by atoms with van der Waals surface area (Å²) >= 11 is 0. The number of Topliss-reactive ketones (excluding diaryl/α,β-unsaturated/α-hetero) is 1. The molecular weight excluding hydrogens is 376 g/mol. The number of nitrogens with zero attached hydrogens (tertiary/aromatic N) is 3. The predicted molar refractivity (Wildman–Crippen MR) is 105 cm³/mol. The highest BCUT2D eigenvalue weighted by Crippen LogP contribution is 2.27. The molecule has 4 rings (SSSR count). The third-order valence-corrected chi connectivity index (χ3v) is 5.37. The molecule has 0 atom stereocenters. The van der Waals surface area contributed by atoms with Crippen molar-refractivity contribution >= 4 is 11.4 Å². The van der Waals surface area contributed by atoms with Gasteiger partial charge in [-0.15, -0.1) is 0 Å². The highest BCUT2D eigenvalue weighted by atomic mass is 19.3. The second-order valence-electron chi connectivity index (χ2n) is 7.36. The number of hydrogen-bond donors (Lipinski definition) is 0. The standard InChI is InChI=1S/C22H23F2N3O2/c1-2-15-10-14(11-20(28)17-4-3-5-18(25-17)21(23)24)12-27-13-19(26-22(15)27)16-6-8-29-9-7-16/h3-5,10,12-13,16,21H,2,6-9,11H2,1H3. The van der Waals surface area contributed by atoms with Crippen LogP contribution in [-0.4, -0.2) is 33.4 Å². The second-order valence-corrected chi connectivity index (χ2v) is 7.36. The minimum atomic E-state index is -2.69. The van der Waals surface area contributed by atoms with Crippen LogP contribution in [0.25, 0.3) is 5.65 Å². The van der Waals surface area contributed by atoms with Crippen LogP contribution in [0.15, 0.2) is 36.7 Å².